The Morgan fingerprint density at radius 3 is 3.07 bits per heavy atom. The molecule has 0 amide bonds. The van der Waals surface area contributed by atoms with E-state index in [1.807, 2.05) is 0 Å². The summed E-state index contributed by atoms with van der Waals surface area (Å²) < 4.78 is 10.3. The molecule has 2 heterocycles. The predicted octanol–water partition coefficient (Wildman–Crippen LogP) is 1.43. The molecule has 0 saturated carbocycles. The average molecular weight is 211 g/mol. The van der Waals surface area contributed by atoms with Crippen LogP contribution in [0.4, 0.5) is 5.88 Å². The van der Waals surface area contributed by atoms with Gasteiger partial charge >= 0.3 is 5.97 Å². The van der Waals surface area contributed by atoms with Crippen LogP contribution in [0, 0.1) is 5.92 Å². The lowest BCUT2D eigenvalue weighted by molar-refractivity contribution is 0.0663. The summed E-state index contributed by atoms with van der Waals surface area (Å²) in [5, 5.41) is 11.7. The van der Waals surface area contributed by atoms with E-state index in [9.17, 15) is 4.79 Å². The van der Waals surface area contributed by atoms with Crippen molar-refractivity contribution in [2.45, 2.75) is 6.42 Å². The highest BCUT2D eigenvalue weighted by molar-refractivity contribution is 5.84. The average Bonchev–Trinajstić information content (AvgIpc) is 2.86. The van der Waals surface area contributed by atoms with Gasteiger partial charge in [0.25, 0.3) is 0 Å². The molecular weight excluding hydrogens is 198 g/mol. The van der Waals surface area contributed by atoms with E-state index >= 15 is 0 Å². The lowest BCUT2D eigenvalue weighted by atomic mass is 10.1. The minimum absolute atomic E-state index is 0.0415. The topological polar surface area (TPSA) is 71.7 Å². The minimum atomic E-state index is -1.05. The molecule has 0 aliphatic carbocycles. The summed E-state index contributed by atoms with van der Waals surface area (Å²) in [6.45, 7) is 2.33. The molecule has 1 aromatic rings. The molecule has 1 saturated heterocycles. The van der Waals surface area contributed by atoms with Gasteiger partial charge in [-0.25, -0.2) is 4.79 Å². The van der Waals surface area contributed by atoms with Crippen LogP contribution in [0.5, 0.6) is 0 Å². The SMILES string of the molecule is O=C(O)c1ccc(NCC2CCOC2)o1. The van der Waals surface area contributed by atoms with E-state index in [0.717, 1.165) is 26.2 Å². The van der Waals surface area contributed by atoms with E-state index in [0.29, 0.717) is 11.8 Å². The summed E-state index contributed by atoms with van der Waals surface area (Å²) in [6, 6.07) is 3.06. The highest BCUT2D eigenvalue weighted by atomic mass is 16.5. The maximum Gasteiger partial charge on any atom is 0.371 e. The number of aromatic carboxylic acids is 1. The predicted molar refractivity (Wildman–Crippen MR) is 53.1 cm³/mol. The number of carboxylic acid groups (broad SMARTS) is 1. The van der Waals surface area contributed by atoms with E-state index in [-0.39, 0.29) is 5.76 Å². The Kier molecular flexibility index (Phi) is 2.91. The molecule has 5 nitrogen and oxygen atoms in total. The zero-order chi connectivity index (χ0) is 10.7. The monoisotopic (exact) mass is 211 g/mol. The van der Waals surface area contributed by atoms with Crippen LogP contribution in [0.3, 0.4) is 0 Å². The summed E-state index contributed by atoms with van der Waals surface area (Å²) in [5.74, 6) is -0.102. The number of anilines is 1. The highest BCUT2D eigenvalue weighted by Gasteiger charge is 2.16. The summed E-state index contributed by atoms with van der Waals surface area (Å²) in [5.41, 5.74) is 0. The van der Waals surface area contributed by atoms with Crippen LogP contribution in [0.2, 0.25) is 0 Å². The fraction of sp³-hybridized carbons (Fsp3) is 0.500. The number of nitrogens with one attached hydrogen (secondary N) is 1. The zero-order valence-corrected chi connectivity index (χ0v) is 8.23. The molecule has 5 heteroatoms. The summed E-state index contributed by atoms with van der Waals surface area (Å²) >= 11 is 0. The van der Waals surface area contributed by atoms with Crippen LogP contribution in [0.1, 0.15) is 17.0 Å². The third-order valence-corrected chi connectivity index (χ3v) is 2.41. The second-order valence-corrected chi connectivity index (χ2v) is 3.58. The third-order valence-electron chi connectivity index (χ3n) is 2.41. The van der Waals surface area contributed by atoms with Crippen molar-refractivity contribution in [2.24, 2.45) is 5.92 Å². The van der Waals surface area contributed by atoms with Crippen LogP contribution >= 0.6 is 0 Å². The van der Waals surface area contributed by atoms with E-state index in [1.165, 1.54) is 6.07 Å². The van der Waals surface area contributed by atoms with Crippen LogP contribution in [0.25, 0.3) is 0 Å². The van der Waals surface area contributed by atoms with Crippen molar-refractivity contribution in [3.63, 3.8) is 0 Å². The van der Waals surface area contributed by atoms with Crippen molar-refractivity contribution >= 4 is 11.9 Å². The number of ether oxygens (including phenoxy) is 1. The first-order chi connectivity index (χ1) is 7.25. The van der Waals surface area contributed by atoms with Gasteiger partial charge in [0.15, 0.2) is 5.88 Å². The molecule has 0 aromatic carbocycles. The molecule has 1 aliphatic heterocycles. The minimum Gasteiger partial charge on any atom is -0.475 e. The molecule has 1 atom stereocenters. The van der Waals surface area contributed by atoms with Gasteiger partial charge in [0.2, 0.25) is 5.76 Å². The largest absolute Gasteiger partial charge is 0.475 e. The van der Waals surface area contributed by atoms with Crippen LogP contribution < -0.4 is 5.32 Å². The van der Waals surface area contributed by atoms with Crippen LogP contribution in [-0.4, -0.2) is 30.8 Å². The summed E-state index contributed by atoms with van der Waals surface area (Å²) in [6.07, 6.45) is 1.04. The van der Waals surface area contributed by atoms with Gasteiger partial charge < -0.3 is 19.6 Å². The molecule has 1 fully saturated rings. The van der Waals surface area contributed by atoms with Crippen molar-refractivity contribution in [2.75, 3.05) is 25.1 Å². The third kappa shape index (κ3) is 2.50. The van der Waals surface area contributed by atoms with Crippen molar-refractivity contribution in [3.8, 4) is 0 Å². The molecule has 1 aromatic heterocycles. The van der Waals surface area contributed by atoms with Crippen LogP contribution in [-0.2, 0) is 4.74 Å². The number of hydrogen-bond acceptors (Lipinski definition) is 4. The summed E-state index contributed by atoms with van der Waals surface area (Å²) in [7, 11) is 0. The Morgan fingerprint density at radius 2 is 2.47 bits per heavy atom. The number of furan rings is 1. The normalized spacial score (nSPS) is 20.4. The Balaban J connectivity index is 1.84. The maximum absolute atomic E-state index is 10.5. The molecule has 2 N–H and O–H groups in total. The molecular formula is C10H13NO4. The molecule has 15 heavy (non-hydrogen) atoms. The smallest absolute Gasteiger partial charge is 0.371 e. The van der Waals surface area contributed by atoms with Crippen molar-refractivity contribution in [3.05, 3.63) is 17.9 Å². The Bertz CT molecular complexity index is 341. The van der Waals surface area contributed by atoms with Crippen molar-refractivity contribution in [1.29, 1.82) is 0 Å². The van der Waals surface area contributed by atoms with Gasteiger partial charge in [-0.05, 0) is 12.5 Å². The van der Waals surface area contributed by atoms with Gasteiger partial charge in [-0.15, -0.1) is 0 Å². The van der Waals surface area contributed by atoms with Gasteiger partial charge in [0.05, 0.1) is 6.61 Å². The number of carbonyl (C=O) groups is 1. The van der Waals surface area contributed by atoms with E-state index < -0.39 is 5.97 Å². The first-order valence-electron chi connectivity index (χ1n) is 4.90. The molecule has 1 unspecified atom stereocenters. The quantitative estimate of drug-likeness (QED) is 0.788. The van der Waals surface area contributed by atoms with E-state index in [2.05, 4.69) is 5.32 Å². The van der Waals surface area contributed by atoms with Crippen molar-refractivity contribution in [1.82, 2.24) is 0 Å². The van der Waals surface area contributed by atoms with Crippen LogP contribution in [0.15, 0.2) is 16.5 Å². The molecule has 0 radical (unpaired) electrons. The van der Waals surface area contributed by atoms with Gasteiger partial charge in [0.1, 0.15) is 0 Å². The first kappa shape index (κ1) is 10.0. The first-order valence-corrected chi connectivity index (χ1v) is 4.90. The highest BCUT2D eigenvalue weighted by Crippen LogP contribution is 2.16. The fourth-order valence-electron chi connectivity index (χ4n) is 1.54. The molecule has 2 rings (SSSR count). The number of hydrogen-bond donors (Lipinski definition) is 2. The van der Waals surface area contributed by atoms with Gasteiger partial charge in [0, 0.05) is 25.1 Å². The van der Waals surface area contributed by atoms with E-state index in [1.54, 1.807) is 6.07 Å². The molecule has 0 spiro atoms. The Hall–Kier alpha value is -1.49. The fourth-order valence-corrected chi connectivity index (χ4v) is 1.54. The number of rotatable bonds is 4. The van der Waals surface area contributed by atoms with Crippen molar-refractivity contribution < 1.29 is 19.1 Å². The van der Waals surface area contributed by atoms with E-state index in [4.69, 9.17) is 14.3 Å². The molecule has 0 bridgehead atoms. The second kappa shape index (κ2) is 4.35. The lowest BCUT2D eigenvalue weighted by Crippen LogP contribution is -2.13. The lowest BCUT2D eigenvalue weighted by Gasteiger charge is -2.07. The molecule has 82 valence electrons. The zero-order valence-electron chi connectivity index (χ0n) is 8.23. The number of carboxylic acids is 1. The standard InChI is InChI=1S/C10H13NO4/c12-10(13)8-1-2-9(15-8)11-5-7-3-4-14-6-7/h1-2,7,11H,3-6H2,(H,12,13). The Morgan fingerprint density at radius 1 is 1.60 bits per heavy atom. The van der Waals surface area contributed by atoms with Gasteiger partial charge in [-0.2, -0.15) is 0 Å². The maximum atomic E-state index is 10.5. The second-order valence-electron chi connectivity index (χ2n) is 3.58. The Labute approximate surface area is 87.0 Å². The summed E-state index contributed by atoms with van der Waals surface area (Å²) in [4.78, 5) is 10.5. The van der Waals surface area contributed by atoms with Gasteiger partial charge in [-0.3, -0.25) is 0 Å². The van der Waals surface area contributed by atoms with Gasteiger partial charge in [-0.1, -0.05) is 0 Å². The molecule has 1 aliphatic rings.